The van der Waals surface area contributed by atoms with E-state index >= 15 is 0 Å². The van der Waals surface area contributed by atoms with Crippen molar-refractivity contribution >= 4 is 11.9 Å². The van der Waals surface area contributed by atoms with Gasteiger partial charge in [0.2, 0.25) is 0 Å². The molecule has 1 atom stereocenters. The van der Waals surface area contributed by atoms with E-state index in [0.717, 1.165) is 51.4 Å². The lowest BCUT2D eigenvalue weighted by molar-refractivity contribution is -0.148. The number of carbonyl (C=O) groups excluding carboxylic acids is 2. The minimum absolute atomic E-state index is 0.0507. The highest BCUT2D eigenvalue weighted by atomic mass is 16.5. The highest BCUT2D eigenvalue weighted by Gasteiger charge is 2.09. The summed E-state index contributed by atoms with van der Waals surface area (Å²) in [5.74, 6) is 0.265. The third kappa shape index (κ3) is 17.8. The first-order valence-electron chi connectivity index (χ1n) is 10.8. The van der Waals surface area contributed by atoms with Gasteiger partial charge in [0.25, 0.3) is 0 Å². The summed E-state index contributed by atoms with van der Waals surface area (Å²) < 4.78 is 10.6. The average Bonchev–Trinajstić information content (AvgIpc) is 2.59. The van der Waals surface area contributed by atoms with Crippen LogP contribution in [-0.4, -0.2) is 24.6 Å². The molecule has 154 valence electrons. The third-order valence-corrected chi connectivity index (χ3v) is 4.39. The molecule has 0 saturated carbocycles. The van der Waals surface area contributed by atoms with Crippen molar-refractivity contribution in [3.05, 3.63) is 0 Å². The molecule has 0 N–H and O–H groups in total. The van der Waals surface area contributed by atoms with Gasteiger partial charge in [-0.2, -0.15) is 0 Å². The van der Waals surface area contributed by atoms with Crippen molar-refractivity contribution in [2.75, 3.05) is 6.61 Å². The average molecular weight is 371 g/mol. The van der Waals surface area contributed by atoms with Crippen LogP contribution >= 0.6 is 0 Å². The van der Waals surface area contributed by atoms with E-state index < -0.39 is 0 Å². The normalized spacial score (nSPS) is 12.2. The molecule has 0 spiro atoms. The van der Waals surface area contributed by atoms with Gasteiger partial charge in [-0.1, -0.05) is 65.7 Å². The van der Waals surface area contributed by atoms with Gasteiger partial charge in [0.15, 0.2) is 0 Å². The monoisotopic (exact) mass is 370 g/mol. The van der Waals surface area contributed by atoms with Crippen molar-refractivity contribution in [3.8, 4) is 0 Å². The van der Waals surface area contributed by atoms with Crippen LogP contribution in [0.25, 0.3) is 0 Å². The quantitative estimate of drug-likeness (QED) is 0.226. The molecule has 0 aliphatic carbocycles. The summed E-state index contributed by atoms with van der Waals surface area (Å²) in [5.41, 5.74) is 0. The van der Waals surface area contributed by atoms with E-state index in [1.807, 2.05) is 20.8 Å². The molecule has 1 unspecified atom stereocenters. The highest BCUT2D eigenvalue weighted by molar-refractivity contribution is 5.69. The predicted octanol–water partition coefficient (Wildman–Crippen LogP) is 6.21. The number of unbranched alkanes of at least 4 members (excludes halogenated alkanes) is 8. The van der Waals surface area contributed by atoms with Crippen molar-refractivity contribution < 1.29 is 19.1 Å². The second-order valence-corrected chi connectivity index (χ2v) is 7.85. The standard InChI is InChI=1S/C22H42O4/c1-5-6-7-12-15-20(4)26-22(24)17-14-11-9-8-10-13-16-21(23)25-18-19(2)3/h19-20H,5-18H2,1-4H3. The molecule has 0 aliphatic rings. The summed E-state index contributed by atoms with van der Waals surface area (Å²) in [6.45, 7) is 8.79. The van der Waals surface area contributed by atoms with Crippen LogP contribution in [-0.2, 0) is 19.1 Å². The van der Waals surface area contributed by atoms with E-state index in [1.54, 1.807) is 0 Å². The van der Waals surface area contributed by atoms with Gasteiger partial charge in [-0.05, 0) is 38.5 Å². The molecule has 0 saturated heterocycles. The van der Waals surface area contributed by atoms with Crippen molar-refractivity contribution in [1.82, 2.24) is 0 Å². The van der Waals surface area contributed by atoms with Crippen LogP contribution in [0.5, 0.6) is 0 Å². The van der Waals surface area contributed by atoms with Gasteiger partial charge >= 0.3 is 11.9 Å². The number of hydrogen-bond donors (Lipinski definition) is 0. The maximum Gasteiger partial charge on any atom is 0.306 e. The maximum absolute atomic E-state index is 11.8. The van der Waals surface area contributed by atoms with Crippen molar-refractivity contribution in [2.45, 2.75) is 117 Å². The van der Waals surface area contributed by atoms with Crippen molar-refractivity contribution in [2.24, 2.45) is 5.92 Å². The molecule has 4 nitrogen and oxygen atoms in total. The number of esters is 2. The van der Waals surface area contributed by atoms with Crippen molar-refractivity contribution in [1.29, 1.82) is 0 Å². The Kier molecular flexibility index (Phi) is 16.7. The Balaban J connectivity index is 3.41. The molecular weight excluding hydrogens is 328 g/mol. The molecular formula is C22H42O4. The summed E-state index contributed by atoms with van der Waals surface area (Å²) in [5, 5.41) is 0. The SMILES string of the molecule is CCCCCCC(C)OC(=O)CCCCCCCCC(=O)OCC(C)C. The third-order valence-electron chi connectivity index (χ3n) is 4.39. The lowest BCUT2D eigenvalue weighted by Crippen LogP contribution is -2.14. The Bertz CT molecular complexity index is 352. The van der Waals surface area contributed by atoms with Crippen LogP contribution < -0.4 is 0 Å². The molecule has 0 amide bonds. The van der Waals surface area contributed by atoms with E-state index in [-0.39, 0.29) is 18.0 Å². The second-order valence-electron chi connectivity index (χ2n) is 7.85. The van der Waals surface area contributed by atoms with Crippen LogP contribution in [0.15, 0.2) is 0 Å². The largest absolute Gasteiger partial charge is 0.465 e. The van der Waals surface area contributed by atoms with Gasteiger partial charge in [-0.15, -0.1) is 0 Å². The summed E-state index contributed by atoms with van der Waals surface area (Å²) in [6.07, 6.45) is 13.1. The molecule has 0 aromatic heterocycles. The highest BCUT2D eigenvalue weighted by Crippen LogP contribution is 2.12. The molecule has 4 heteroatoms. The lowest BCUT2D eigenvalue weighted by Gasteiger charge is -2.13. The summed E-state index contributed by atoms with van der Waals surface area (Å²) >= 11 is 0. The van der Waals surface area contributed by atoms with E-state index in [0.29, 0.717) is 25.4 Å². The zero-order valence-electron chi connectivity index (χ0n) is 17.7. The topological polar surface area (TPSA) is 52.6 Å². The van der Waals surface area contributed by atoms with Gasteiger partial charge in [-0.3, -0.25) is 9.59 Å². The molecule has 0 aromatic carbocycles. The van der Waals surface area contributed by atoms with Crippen LogP contribution in [0.4, 0.5) is 0 Å². The minimum Gasteiger partial charge on any atom is -0.465 e. The first kappa shape index (κ1) is 24.9. The first-order chi connectivity index (χ1) is 12.5. The molecule has 0 radical (unpaired) electrons. The van der Waals surface area contributed by atoms with Gasteiger partial charge in [0.1, 0.15) is 0 Å². The number of carbonyl (C=O) groups is 2. The molecule has 0 heterocycles. The zero-order chi connectivity index (χ0) is 19.6. The zero-order valence-corrected chi connectivity index (χ0v) is 17.7. The summed E-state index contributed by atoms with van der Waals surface area (Å²) in [7, 11) is 0. The molecule has 0 aromatic rings. The van der Waals surface area contributed by atoms with E-state index in [9.17, 15) is 9.59 Å². The Morgan fingerprint density at radius 1 is 0.731 bits per heavy atom. The van der Waals surface area contributed by atoms with Gasteiger partial charge in [-0.25, -0.2) is 0 Å². The molecule has 0 fully saturated rings. The van der Waals surface area contributed by atoms with Gasteiger partial charge in [0.05, 0.1) is 12.7 Å². The lowest BCUT2D eigenvalue weighted by atomic mass is 10.1. The van der Waals surface area contributed by atoms with E-state index in [1.165, 1.54) is 19.3 Å². The Labute approximate surface area is 161 Å². The van der Waals surface area contributed by atoms with E-state index in [4.69, 9.17) is 9.47 Å². The maximum atomic E-state index is 11.8. The summed E-state index contributed by atoms with van der Waals surface area (Å²) in [4.78, 5) is 23.3. The Morgan fingerprint density at radius 3 is 1.85 bits per heavy atom. The number of ether oxygens (including phenoxy) is 2. The number of rotatable bonds is 17. The summed E-state index contributed by atoms with van der Waals surface area (Å²) in [6, 6.07) is 0. The van der Waals surface area contributed by atoms with Gasteiger partial charge < -0.3 is 9.47 Å². The predicted molar refractivity (Wildman–Crippen MR) is 107 cm³/mol. The fourth-order valence-corrected chi connectivity index (χ4v) is 2.78. The van der Waals surface area contributed by atoms with Crippen LogP contribution in [0.1, 0.15) is 111 Å². The van der Waals surface area contributed by atoms with Crippen molar-refractivity contribution in [3.63, 3.8) is 0 Å². The van der Waals surface area contributed by atoms with Gasteiger partial charge in [0, 0.05) is 12.8 Å². The minimum atomic E-state index is -0.0785. The fraction of sp³-hybridized carbons (Fsp3) is 0.909. The molecule has 26 heavy (non-hydrogen) atoms. The number of hydrogen-bond acceptors (Lipinski definition) is 4. The molecule has 0 rings (SSSR count). The Morgan fingerprint density at radius 2 is 1.27 bits per heavy atom. The van der Waals surface area contributed by atoms with Crippen LogP contribution in [0.2, 0.25) is 0 Å². The van der Waals surface area contributed by atoms with Crippen LogP contribution in [0, 0.1) is 5.92 Å². The van der Waals surface area contributed by atoms with Crippen LogP contribution in [0.3, 0.4) is 0 Å². The smallest absolute Gasteiger partial charge is 0.306 e. The molecule has 0 bridgehead atoms. The molecule has 0 aliphatic heterocycles. The van der Waals surface area contributed by atoms with E-state index in [2.05, 4.69) is 6.92 Å². The fourth-order valence-electron chi connectivity index (χ4n) is 2.78. The Hall–Kier alpha value is -1.06. The second kappa shape index (κ2) is 17.4. The first-order valence-corrected chi connectivity index (χ1v) is 10.8.